The van der Waals surface area contributed by atoms with Crippen LogP contribution in [0.15, 0.2) is 48.5 Å². The number of carboxylic acid groups (broad SMARTS) is 1. The molecule has 5 N–H and O–H groups in total. The van der Waals surface area contributed by atoms with E-state index in [4.69, 9.17) is 22.8 Å². The van der Waals surface area contributed by atoms with E-state index in [2.05, 4.69) is 0 Å². The molecule has 1 saturated heterocycles. The summed E-state index contributed by atoms with van der Waals surface area (Å²) in [6, 6.07) is 9.56. The van der Waals surface area contributed by atoms with Gasteiger partial charge in [0.05, 0.1) is 0 Å². The van der Waals surface area contributed by atoms with Gasteiger partial charge in [0, 0.05) is 13.6 Å². The Labute approximate surface area is 176 Å². The molecule has 156 valence electrons. The normalized spacial score (nSPS) is 31.3. The molecule has 0 saturated carbocycles. The van der Waals surface area contributed by atoms with E-state index in [1.807, 2.05) is 0 Å². The molecule has 0 amide bonds. The first-order chi connectivity index (χ1) is 16.1. The molecular formula is C21H24O8. The zero-order valence-corrected chi connectivity index (χ0v) is 15.0. The van der Waals surface area contributed by atoms with Crippen molar-refractivity contribution in [2.75, 3.05) is 0 Å². The number of ether oxygens (including phenoxy) is 2. The number of aliphatic hydroxyl groups excluding tert-OH is 3. The maximum atomic E-state index is 11.3. The second-order valence-electron chi connectivity index (χ2n) is 6.67. The summed E-state index contributed by atoms with van der Waals surface area (Å²) in [4.78, 5) is 11.3. The number of phenolic OH excluding ortho intramolecular Hbond substituents is 1. The molecule has 2 aromatic carbocycles. The van der Waals surface area contributed by atoms with Gasteiger partial charge in [-0.05, 0) is 35.4 Å². The average Bonchev–Trinajstić information content (AvgIpc) is 2.74. The van der Waals surface area contributed by atoms with Crippen LogP contribution in [0.2, 0.25) is 0 Å². The maximum Gasteiger partial charge on any atom is 0.335 e. The smallest absolute Gasteiger partial charge is 0.335 e. The Kier molecular flexibility index (Phi) is 3.96. The number of hydrogen-bond donors (Lipinski definition) is 5. The molecule has 0 aromatic heterocycles. The number of hydrogen-bond acceptors (Lipinski definition) is 7. The Morgan fingerprint density at radius 2 is 1.52 bits per heavy atom. The van der Waals surface area contributed by atoms with Gasteiger partial charge in [-0.2, -0.15) is 0 Å². The zero-order valence-electron chi connectivity index (χ0n) is 21.0. The average molecular weight is 410 g/mol. The molecule has 1 aliphatic heterocycles. The molecule has 1 heterocycles. The lowest BCUT2D eigenvalue weighted by Crippen LogP contribution is -2.61. The molecule has 1 aliphatic rings. The third-order valence-corrected chi connectivity index (χ3v) is 4.65. The van der Waals surface area contributed by atoms with E-state index >= 15 is 0 Å². The second-order valence-corrected chi connectivity index (χ2v) is 6.67. The monoisotopic (exact) mass is 410 g/mol. The van der Waals surface area contributed by atoms with Crippen molar-refractivity contribution in [3.63, 3.8) is 0 Å². The number of phenols is 1. The predicted molar refractivity (Wildman–Crippen MR) is 102 cm³/mol. The Balaban J connectivity index is 2.01. The molecule has 8 nitrogen and oxygen atoms in total. The van der Waals surface area contributed by atoms with Crippen LogP contribution in [-0.4, -0.2) is 62.2 Å². The highest BCUT2D eigenvalue weighted by Gasteiger charge is 2.48. The Morgan fingerprint density at radius 1 is 0.966 bits per heavy atom. The number of benzene rings is 2. The largest absolute Gasteiger partial charge is 0.508 e. The minimum atomic E-state index is -3.06. The summed E-state index contributed by atoms with van der Waals surface area (Å²) in [6.45, 7) is -6.12. The minimum absolute atomic E-state index is 0.0683. The van der Waals surface area contributed by atoms with Crippen molar-refractivity contribution < 1.29 is 48.0 Å². The molecule has 3 rings (SSSR count). The molecule has 0 spiro atoms. The number of aliphatic hydroxyl groups is 3. The van der Waals surface area contributed by atoms with Crippen LogP contribution < -0.4 is 4.74 Å². The van der Waals surface area contributed by atoms with Crippen LogP contribution in [0.1, 0.15) is 33.1 Å². The summed E-state index contributed by atoms with van der Waals surface area (Å²) in [7, 11) is 0. The summed E-state index contributed by atoms with van der Waals surface area (Å²) >= 11 is 0. The SMILES string of the molecule is [2H]C([2H])([2H])C(c1ccc(O)cc1)(c1ccc(O[C@@H]2O[C@H](C(=O)O)[C@@H](O)[C@H](O)[C@H]2O)cc1)C([2H])([2H])[2H]. The summed E-state index contributed by atoms with van der Waals surface area (Å²) in [5.41, 5.74) is -2.70. The van der Waals surface area contributed by atoms with E-state index < -0.39 is 55.8 Å². The Morgan fingerprint density at radius 3 is 2.03 bits per heavy atom. The highest BCUT2D eigenvalue weighted by Crippen LogP contribution is 2.33. The number of carbonyl (C=O) groups is 1. The van der Waals surface area contributed by atoms with E-state index in [1.165, 1.54) is 48.5 Å². The summed E-state index contributed by atoms with van der Waals surface area (Å²) in [6.07, 6.45) is -9.20. The molecule has 8 heteroatoms. The topological polar surface area (TPSA) is 137 Å². The molecule has 0 bridgehead atoms. The molecule has 0 radical (unpaired) electrons. The van der Waals surface area contributed by atoms with Crippen LogP contribution in [0.25, 0.3) is 0 Å². The summed E-state index contributed by atoms with van der Waals surface area (Å²) in [5, 5.41) is 48.6. The Bertz CT molecular complexity index is 1020. The first-order valence-electron chi connectivity index (χ1n) is 11.6. The van der Waals surface area contributed by atoms with Crippen molar-refractivity contribution >= 4 is 5.97 Å². The van der Waals surface area contributed by atoms with Gasteiger partial charge in [0.1, 0.15) is 29.8 Å². The highest BCUT2D eigenvalue weighted by atomic mass is 16.7. The van der Waals surface area contributed by atoms with Gasteiger partial charge in [-0.3, -0.25) is 0 Å². The number of rotatable bonds is 5. The van der Waals surface area contributed by atoms with Crippen molar-refractivity contribution in [3.05, 3.63) is 59.7 Å². The van der Waals surface area contributed by atoms with Crippen molar-refractivity contribution in [1.29, 1.82) is 0 Å². The first-order valence-corrected chi connectivity index (χ1v) is 8.60. The minimum Gasteiger partial charge on any atom is -0.508 e. The highest BCUT2D eigenvalue weighted by molar-refractivity contribution is 5.73. The molecule has 5 atom stereocenters. The number of carboxylic acids is 1. The first kappa shape index (κ1) is 14.4. The summed E-state index contributed by atoms with van der Waals surface area (Å²) in [5.74, 6) is -1.84. The molecule has 29 heavy (non-hydrogen) atoms. The molecule has 2 aromatic rings. The van der Waals surface area contributed by atoms with Crippen molar-refractivity contribution in [3.8, 4) is 11.5 Å². The fourth-order valence-electron chi connectivity index (χ4n) is 2.95. The van der Waals surface area contributed by atoms with E-state index in [1.54, 1.807) is 0 Å². The zero-order chi connectivity index (χ0) is 26.3. The second kappa shape index (κ2) is 8.00. The van der Waals surface area contributed by atoms with Crippen molar-refractivity contribution in [2.45, 2.75) is 49.8 Å². The number of aromatic hydroxyl groups is 1. The van der Waals surface area contributed by atoms with Gasteiger partial charge in [0.25, 0.3) is 0 Å². The molecular weight excluding hydrogens is 380 g/mol. The van der Waals surface area contributed by atoms with Gasteiger partial charge in [-0.1, -0.05) is 38.0 Å². The van der Waals surface area contributed by atoms with E-state index in [9.17, 15) is 25.2 Å². The lowest BCUT2D eigenvalue weighted by Gasteiger charge is -2.38. The van der Waals surface area contributed by atoms with Gasteiger partial charge in [0.2, 0.25) is 6.29 Å². The van der Waals surface area contributed by atoms with Gasteiger partial charge >= 0.3 is 5.97 Å². The van der Waals surface area contributed by atoms with Gasteiger partial charge < -0.3 is 35.0 Å². The van der Waals surface area contributed by atoms with Crippen LogP contribution in [-0.2, 0) is 14.9 Å². The van der Waals surface area contributed by atoms with Gasteiger partial charge in [-0.25, -0.2) is 4.79 Å². The molecule has 1 fully saturated rings. The standard InChI is InChI=1S/C21H24O8/c1-21(2,11-3-7-13(22)8-4-11)12-5-9-14(10-6-12)28-20-17(25)15(23)16(24)18(29-20)19(26)27/h3-10,15-18,20,22-25H,1-2H3,(H,26,27)/t15-,16-,17+,18-,20+/m0/s1/i1D3,2D3. The Hall–Kier alpha value is -2.65. The van der Waals surface area contributed by atoms with Crippen LogP contribution in [0.5, 0.6) is 11.5 Å². The van der Waals surface area contributed by atoms with Crippen LogP contribution in [0.3, 0.4) is 0 Å². The fraction of sp³-hybridized carbons (Fsp3) is 0.381. The van der Waals surface area contributed by atoms with Crippen LogP contribution in [0, 0.1) is 0 Å². The third kappa shape index (κ3) is 4.20. The van der Waals surface area contributed by atoms with Crippen LogP contribution >= 0.6 is 0 Å². The van der Waals surface area contributed by atoms with E-state index in [0.29, 0.717) is 0 Å². The van der Waals surface area contributed by atoms with E-state index in [0.717, 1.165) is 0 Å². The fourth-order valence-corrected chi connectivity index (χ4v) is 2.95. The van der Waals surface area contributed by atoms with Crippen LogP contribution in [0.4, 0.5) is 0 Å². The molecule has 0 unspecified atom stereocenters. The van der Waals surface area contributed by atoms with Gasteiger partial charge in [0.15, 0.2) is 6.10 Å². The van der Waals surface area contributed by atoms with Crippen molar-refractivity contribution in [2.24, 2.45) is 0 Å². The van der Waals surface area contributed by atoms with Crippen molar-refractivity contribution in [1.82, 2.24) is 0 Å². The maximum absolute atomic E-state index is 11.3. The molecule has 0 aliphatic carbocycles. The lowest BCUT2D eigenvalue weighted by atomic mass is 9.78. The van der Waals surface area contributed by atoms with Gasteiger partial charge in [-0.15, -0.1) is 0 Å². The van der Waals surface area contributed by atoms with E-state index in [-0.39, 0.29) is 22.6 Å². The number of aliphatic carboxylic acids is 1. The lowest BCUT2D eigenvalue weighted by molar-refractivity contribution is -0.271. The summed E-state index contributed by atoms with van der Waals surface area (Å²) < 4.78 is 59.2. The predicted octanol–water partition coefficient (Wildman–Crippen LogP) is 0.989. The quantitative estimate of drug-likeness (QED) is 0.492. The third-order valence-electron chi connectivity index (χ3n) is 4.65.